The van der Waals surface area contributed by atoms with Crippen molar-refractivity contribution in [2.45, 2.75) is 57.8 Å². The topological polar surface area (TPSA) is 4.93 Å². The van der Waals surface area contributed by atoms with Crippen LogP contribution in [0.2, 0.25) is 0 Å². The maximum Gasteiger partial charge on any atom is 0.0622 e. The van der Waals surface area contributed by atoms with E-state index in [4.69, 9.17) is 0 Å². The third-order valence-corrected chi connectivity index (χ3v) is 9.46. The SMILES string of the molecule is CC1(C)C2=c3c(c4c(cc3=CCC2)c2c(n4-c3ccccc3C3=CC=CCC3)C=CCC2)-c2ccccc21. The highest BCUT2D eigenvalue weighted by Crippen LogP contribution is 2.47. The molecular formula is C37H33N. The molecule has 38 heavy (non-hydrogen) atoms. The fourth-order valence-corrected chi connectivity index (χ4v) is 7.71. The molecule has 4 aromatic rings. The quantitative estimate of drug-likeness (QED) is 0.268. The van der Waals surface area contributed by atoms with Crippen LogP contribution in [0.25, 0.3) is 51.0 Å². The lowest BCUT2D eigenvalue weighted by Gasteiger charge is -2.37. The van der Waals surface area contributed by atoms with Gasteiger partial charge in [-0.25, -0.2) is 0 Å². The van der Waals surface area contributed by atoms with Gasteiger partial charge in [-0.3, -0.25) is 0 Å². The van der Waals surface area contributed by atoms with Gasteiger partial charge in [0.15, 0.2) is 0 Å². The zero-order chi connectivity index (χ0) is 25.4. The zero-order valence-corrected chi connectivity index (χ0v) is 22.4. The van der Waals surface area contributed by atoms with Gasteiger partial charge in [0, 0.05) is 27.6 Å². The van der Waals surface area contributed by atoms with Crippen LogP contribution >= 0.6 is 0 Å². The van der Waals surface area contributed by atoms with Crippen molar-refractivity contribution in [3.05, 3.63) is 112 Å². The second-order valence-corrected chi connectivity index (χ2v) is 11.8. The van der Waals surface area contributed by atoms with Crippen LogP contribution < -0.4 is 10.4 Å². The van der Waals surface area contributed by atoms with E-state index >= 15 is 0 Å². The number of aryl methyl sites for hydroxylation is 1. The maximum absolute atomic E-state index is 2.63. The van der Waals surface area contributed by atoms with Gasteiger partial charge in [-0.05, 0) is 89.4 Å². The van der Waals surface area contributed by atoms with E-state index in [0.717, 1.165) is 38.5 Å². The molecule has 4 aliphatic carbocycles. The van der Waals surface area contributed by atoms with Gasteiger partial charge in [0.25, 0.3) is 0 Å². The van der Waals surface area contributed by atoms with Crippen molar-refractivity contribution in [2.75, 3.05) is 0 Å². The molecule has 0 aliphatic heterocycles. The van der Waals surface area contributed by atoms with Crippen LogP contribution in [0, 0.1) is 0 Å². The summed E-state index contributed by atoms with van der Waals surface area (Å²) in [5.74, 6) is 0. The minimum Gasteiger partial charge on any atom is -0.308 e. The van der Waals surface area contributed by atoms with Crippen molar-refractivity contribution < 1.29 is 0 Å². The third kappa shape index (κ3) is 2.93. The lowest BCUT2D eigenvalue weighted by molar-refractivity contribution is 0.656. The van der Waals surface area contributed by atoms with Crippen molar-refractivity contribution >= 4 is 34.2 Å². The van der Waals surface area contributed by atoms with Crippen LogP contribution in [-0.4, -0.2) is 4.57 Å². The van der Waals surface area contributed by atoms with Gasteiger partial charge < -0.3 is 4.57 Å². The normalized spacial score (nSPS) is 18.5. The van der Waals surface area contributed by atoms with Crippen molar-refractivity contribution in [3.63, 3.8) is 0 Å². The molecule has 0 N–H and O–H groups in total. The van der Waals surface area contributed by atoms with Crippen molar-refractivity contribution in [1.82, 2.24) is 4.57 Å². The minimum atomic E-state index is 0.0361. The van der Waals surface area contributed by atoms with Crippen LogP contribution in [0.4, 0.5) is 0 Å². The summed E-state index contributed by atoms with van der Waals surface area (Å²) >= 11 is 0. The summed E-state index contributed by atoms with van der Waals surface area (Å²) in [7, 11) is 0. The van der Waals surface area contributed by atoms with E-state index in [1.807, 2.05) is 0 Å². The lowest BCUT2D eigenvalue weighted by atomic mass is 9.67. The van der Waals surface area contributed by atoms with E-state index in [2.05, 4.69) is 109 Å². The summed E-state index contributed by atoms with van der Waals surface area (Å²) in [6.07, 6.45) is 20.8. The van der Waals surface area contributed by atoms with Gasteiger partial charge in [0.05, 0.1) is 11.2 Å². The molecular weight excluding hydrogens is 458 g/mol. The number of hydrogen-bond donors (Lipinski definition) is 0. The lowest BCUT2D eigenvalue weighted by Crippen LogP contribution is -2.41. The number of aromatic nitrogens is 1. The molecule has 0 amide bonds. The molecule has 1 heterocycles. The van der Waals surface area contributed by atoms with Crippen LogP contribution in [0.3, 0.4) is 0 Å². The third-order valence-electron chi connectivity index (χ3n) is 9.46. The first-order valence-corrected chi connectivity index (χ1v) is 14.3. The average Bonchev–Trinajstić information content (AvgIpc) is 3.29. The molecule has 0 spiro atoms. The Morgan fingerprint density at radius 1 is 0.816 bits per heavy atom. The highest BCUT2D eigenvalue weighted by atomic mass is 15.0. The monoisotopic (exact) mass is 491 g/mol. The predicted molar refractivity (Wildman–Crippen MR) is 162 cm³/mol. The van der Waals surface area contributed by atoms with Gasteiger partial charge in [-0.1, -0.05) is 92.3 Å². The first kappa shape index (κ1) is 22.2. The number of nitrogens with zero attached hydrogens (tertiary/aromatic N) is 1. The summed E-state index contributed by atoms with van der Waals surface area (Å²) in [5.41, 5.74) is 14.4. The van der Waals surface area contributed by atoms with Crippen LogP contribution in [0.1, 0.15) is 68.3 Å². The molecule has 186 valence electrons. The first-order chi connectivity index (χ1) is 18.6. The molecule has 4 aliphatic rings. The smallest absolute Gasteiger partial charge is 0.0622 e. The van der Waals surface area contributed by atoms with Crippen molar-refractivity contribution in [2.24, 2.45) is 0 Å². The molecule has 1 nitrogen and oxygen atoms in total. The van der Waals surface area contributed by atoms with Crippen LogP contribution in [0.5, 0.6) is 0 Å². The predicted octanol–water partition coefficient (Wildman–Crippen LogP) is 8.01. The van der Waals surface area contributed by atoms with E-state index in [0.29, 0.717) is 0 Å². The van der Waals surface area contributed by atoms with Gasteiger partial charge in [0.2, 0.25) is 0 Å². The fourth-order valence-electron chi connectivity index (χ4n) is 7.71. The van der Waals surface area contributed by atoms with Gasteiger partial charge >= 0.3 is 0 Å². The standard InChI is InChI=1S/C37H33N/c1-37(2)30-19-9-6-18-28(30)35-34-25(15-12-20-31(34)37)23-29-27-17-8-11-22-33(27)38(36(29)35)32-21-10-7-16-26(32)24-13-4-3-5-14-24/h3-4,6-7,9-11,13,15-16,18-19,21-23H,5,8,12,14,17,20H2,1-2H3. The molecule has 8 rings (SSSR count). The Bertz CT molecular complexity index is 1880. The van der Waals surface area contributed by atoms with E-state index in [1.54, 1.807) is 5.57 Å². The molecule has 0 bridgehead atoms. The number of para-hydroxylation sites is 1. The molecule has 0 atom stereocenters. The maximum atomic E-state index is 2.63. The molecule has 1 heteroatoms. The molecule has 0 unspecified atom stereocenters. The number of benzene rings is 3. The largest absolute Gasteiger partial charge is 0.308 e. The number of hydrogen-bond acceptors (Lipinski definition) is 0. The summed E-state index contributed by atoms with van der Waals surface area (Å²) in [4.78, 5) is 0. The highest BCUT2D eigenvalue weighted by molar-refractivity contribution is 6.04. The van der Waals surface area contributed by atoms with E-state index < -0.39 is 0 Å². The molecule has 0 radical (unpaired) electrons. The summed E-state index contributed by atoms with van der Waals surface area (Å²) in [5, 5.41) is 4.39. The van der Waals surface area contributed by atoms with E-state index in [9.17, 15) is 0 Å². The first-order valence-electron chi connectivity index (χ1n) is 14.3. The molecule has 0 saturated heterocycles. The second-order valence-electron chi connectivity index (χ2n) is 11.8. The highest BCUT2D eigenvalue weighted by Gasteiger charge is 2.36. The second kappa shape index (κ2) is 8.08. The van der Waals surface area contributed by atoms with Gasteiger partial charge in [0.1, 0.15) is 0 Å². The Labute approximate surface area is 224 Å². The molecule has 3 aromatic carbocycles. The molecule has 0 fully saturated rings. The number of fused-ring (bicyclic) bond motifs is 6. The van der Waals surface area contributed by atoms with Crippen LogP contribution in [-0.2, 0) is 11.8 Å². The minimum absolute atomic E-state index is 0.0361. The summed E-state index contributed by atoms with van der Waals surface area (Å²) in [6.45, 7) is 4.88. The summed E-state index contributed by atoms with van der Waals surface area (Å²) < 4.78 is 2.63. The average molecular weight is 492 g/mol. The number of rotatable bonds is 2. The van der Waals surface area contributed by atoms with Crippen LogP contribution in [0.15, 0.2) is 78.9 Å². The van der Waals surface area contributed by atoms with Crippen molar-refractivity contribution in [3.8, 4) is 16.8 Å². The number of allylic oxidation sites excluding steroid dienone is 5. The Kier molecular flexibility index (Phi) is 4.71. The van der Waals surface area contributed by atoms with E-state index in [-0.39, 0.29) is 5.41 Å². The van der Waals surface area contributed by atoms with E-state index in [1.165, 1.54) is 66.1 Å². The zero-order valence-electron chi connectivity index (χ0n) is 22.4. The van der Waals surface area contributed by atoms with Crippen molar-refractivity contribution in [1.29, 1.82) is 0 Å². The molecule has 0 saturated carbocycles. The Morgan fingerprint density at radius 2 is 1.63 bits per heavy atom. The Morgan fingerprint density at radius 3 is 2.50 bits per heavy atom. The Balaban J connectivity index is 1.60. The van der Waals surface area contributed by atoms with Gasteiger partial charge in [-0.2, -0.15) is 0 Å². The van der Waals surface area contributed by atoms with Gasteiger partial charge in [-0.15, -0.1) is 0 Å². The molecule has 1 aromatic heterocycles. The Hall–Kier alpha value is -3.84. The summed E-state index contributed by atoms with van der Waals surface area (Å²) in [6, 6.07) is 20.9. The fraction of sp³-hybridized carbons (Fsp3) is 0.243.